The number of H-pyrrole nitrogens is 1. The Hall–Kier alpha value is -3.03. The molecule has 0 fully saturated rings. The minimum Gasteiger partial charge on any atom is -0.480 e. The third-order valence-electron chi connectivity index (χ3n) is 5.76. The number of aromatic amines is 1. The number of rotatable bonds is 16. The molecule has 1 heterocycles. The van der Waals surface area contributed by atoms with Crippen molar-refractivity contribution in [1.82, 2.24) is 25.9 Å². The molecule has 13 heteroatoms. The van der Waals surface area contributed by atoms with Crippen LogP contribution in [0, 0.1) is 5.92 Å². The van der Waals surface area contributed by atoms with Crippen LogP contribution in [0.4, 0.5) is 0 Å². The smallest absolute Gasteiger partial charge is 0.328 e. The zero-order valence-corrected chi connectivity index (χ0v) is 20.5. The summed E-state index contributed by atoms with van der Waals surface area (Å²) < 4.78 is 0. The van der Waals surface area contributed by atoms with Gasteiger partial charge in [-0.1, -0.05) is 26.7 Å². The first-order chi connectivity index (χ1) is 16.5. The number of carbonyl (C=O) groups excluding carboxylic acids is 3. The van der Waals surface area contributed by atoms with E-state index in [-0.39, 0.29) is 12.3 Å². The number of aliphatic carboxylic acids is 1. The molecule has 0 aromatic carbocycles. The molecule has 1 rings (SSSR count). The maximum Gasteiger partial charge on any atom is 0.328 e. The van der Waals surface area contributed by atoms with Crippen molar-refractivity contribution in [3.8, 4) is 0 Å². The van der Waals surface area contributed by atoms with Gasteiger partial charge in [0.05, 0.1) is 18.5 Å². The van der Waals surface area contributed by atoms with Crippen LogP contribution in [-0.4, -0.2) is 80.7 Å². The van der Waals surface area contributed by atoms with Gasteiger partial charge in [-0.05, 0) is 32.2 Å². The number of amides is 3. The lowest BCUT2D eigenvalue weighted by atomic mass is 9.96. The SMILES string of the molecule is CCC(C)C(NC(=O)C(Cc1cnc[nH]1)NC(=O)C(N)CCCCN)C(=O)NC(C(=O)O)C(C)O. The second kappa shape index (κ2) is 15.1. The fourth-order valence-corrected chi connectivity index (χ4v) is 3.33. The molecule has 6 unspecified atom stereocenters. The summed E-state index contributed by atoms with van der Waals surface area (Å²) in [5.74, 6) is -3.70. The van der Waals surface area contributed by atoms with Crippen molar-refractivity contribution < 1.29 is 29.4 Å². The second-order valence-corrected chi connectivity index (χ2v) is 8.67. The van der Waals surface area contributed by atoms with E-state index in [1.807, 2.05) is 6.92 Å². The summed E-state index contributed by atoms with van der Waals surface area (Å²) in [5, 5.41) is 26.5. The second-order valence-electron chi connectivity index (χ2n) is 8.67. The lowest BCUT2D eigenvalue weighted by Gasteiger charge is -2.28. The Morgan fingerprint density at radius 3 is 2.23 bits per heavy atom. The number of imidazole rings is 1. The first kappa shape index (κ1) is 30.0. The third-order valence-corrected chi connectivity index (χ3v) is 5.76. The number of aliphatic hydroxyl groups is 1. The fraction of sp³-hybridized carbons (Fsp3) is 0.682. The number of carbonyl (C=O) groups is 4. The molecule has 0 aliphatic heterocycles. The number of nitrogens with two attached hydrogens (primary N) is 2. The zero-order chi connectivity index (χ0) is 26.5. The van der Waals surface area contributed by atoms with E-state index in [4.69, 9.17) is 11.5 Å². The third kappa shape index (κ3) is 10.0. The van der Waals surface area contributed by atoms with Gasteiger partial charge in [0.1, 0.15) is 12.1 Å². The highest BCUT2D eigenvalue weighted by Gasteiger charge is 2.34. The van der Waals surface area contributed by atoms with Gasteiger partial charge in [0.25, 0.3) is 0 Å². The molecular formula is C22H39N7O6. The van der Waals surface area contributed by atoms with E-state index in [9.17, 15) is 29.4 Å². The normalized spacial score (nSPS) is 16.3. The topological polar surface area (TPSA) is 226 Å². The van der Waals surface area contributed by atoms with E-state index in [1.54, 1.807) is 6.92 Å². The summed E-state index contributed by atoms with van der Waals surface area (Å²) in [5.41, 5.74) is 12.0. The molecule has 1 aromatic rings. The Balaban J connectivity index is 3.03. The number of unbranched alkanes of at least 4 members (excludes halogenated alkanes) is 1. The van der Waals surface area contributed by atoms with E-state index < -0.39 is 54.0 Å². The molecule has 0 saturated heterocycles. The summed E-state index contributed by atoms with van der Waals surface area (Å²) >= 11 is 0. The maximum absolute atomic E-state index is 13.2. The first-order valence-electron chi connectivity index (χ1n) is 11.8. The van der Waals surface area contributed by atoms with Gasteiger partial charge in [-0.2, -0.15) is 0 Å². The number of carboxylic acid groups (broad SMARTS) is 1. The number of nitrogens with zero attached hydrogens (tertiary/aromatic N) is 1. The maximum atomic E-state index is 13.2. The van der Waals surface area contributed by atoms with E-state index in [1.165, 1.54) is 19.4 Å². The molecule has 0 spiro atoms. The van der Waals surface area contributed by atoms with Crippen molar-refractivity contribution in [3.63, 3.8) is 0 Å². The molecule has 0 bridgehead atoms. The quantitative estimate of drug-likeness (QED) is 0.123. The average molecular weight is 498 g/mol. The molecule has 0 saturated carbocycles. The summed E-state index contributed by atoms with van der Waals surface area (Å²) in [6, 6.07) is -4.56. The summed E-state index contributed by atoms with van der Waals surface area (Å²) in [7, 11) is 0. The Labute approximate surface area is 204 Å². The van der Waals surface area contributed by atoms with Gasteiger partial charge >= 0.3 is 5.97 Å². The van der Waals surface area contributed by atoms with Crippen molar-refractivity contribution in [2.24, 2.45) is 17.4 Å². The predicted molar refractivity (Wildman–Crippen MR) is 128 cm³/mol. The van der Waals surface area contributed by atoms with Gasteiger partial charge in [-0.15, -0.1) is 0 Å². The number of aromatic nitrogens is 2. The van der Waals surface area contributed by atoms with E-state index in [0.29, 0.717) is 37.9 Å². The molecular weight excluding hydrogens is 458 g/mol. The highest BCUT2D eigenvalue weighted by atomic mass is 16.4. The van der Waals surface area contributed by atoms with Crippen molar-refractivity contribution in [2.75, 3.05) is 6.54 Å². The predicted octanol–water partition coefficient (Wildman–Crippen LogP) is -1.63. The van der Waals surface area contributed by atoms with Crippen molar-refractivity contribution in [1.29, 1.82) is 0 Å². The highest BCUT2D eigenvalue weighted by molar-refractivity contribution is 5.94. The van der Waals surface area contributed by atoms with Crippen LogP contribution in [0.25, 0.3) is 0 Å². The lowest BCUT2D eigenvalue weighted by molar-refractivity contribution is -0.145. The molecule has 35 heavy (non-hydrogen) atoms. The first-order valence-corrected chi connectivity index (χ1v) is 11.8. The van der Waals surface area contributed by atoms with Gasteiger partial charge in [0.15, 0.2) is 6.04 Å². The van der Waals surface area contributed by atoms with Gasteiger partial charge < -0.3 is 42.6 Å². The monoisotopic (exact) mass is 497 g/mol. The van der Waals surface area contributed by atoms with Crippen LogP contribution in [0.15, 0.2) is 12.5 Å². The van der Waals surface area contributed by atoms with Gasteiger partial charge in [-0.3, -0.25) is 14.4 Å². The molecule has 0 radical (unpaired) electrons. The number of carboxylic acids is 1. The van der Waals surface area contributed by atoms with Crippen molar-refractivity contribution in [3.05, 3.63) is 18.2 Å². The fourth-order valence-electron chi connectivity index (χ4n) is 3.33. The minimum absolute atomic E-state index is 0.0629. The van der Waals surface area contributed by atoms with Crippen LogP contribution in [0.1, 0.15) is 52.1 Å². The van der Waals surface area contributed by atoms with Crippen molar-refractivity contribution in [2.45, 2.75) is 83.1 Å². The van der Waals surface area contributed by atoms with Crippen molar-refractivity contribution >= 4 is 23.7 Å². The number of nitrogens with one attached hydrogen (secondary N) is 4. The molecule has 10 N–H and O–H groups in total. The van der Waals surface area contributed by atoms with Gasteiger partial charge in [-0.25, -0.2) is 9.78 Å². The zero-order valence-electron chi connectivity index (χ0n) is 20.5. The Morgan fingerprint density at radius 2 is 1.71 bits per heavy atom. The van der Waals surface area contributed by atoms with Crippen LogP contribution in [0.3, 0.4) is 0 Å². The van der Waals surface area contributed by atoms with E-state index >= 15 is 0 Å². The lowest BCUT2D eigenvalue weighted by Crippen LogP contribution is -2.60. The number of hydrogen-bond donors (Lipinski definition) is 8. The van der Waals surface area contributed by atoms with Crippen LogP contribution in [0.2, 0.25) is 0 Å². The standard InChI is InChI=1S/C22H39N7O6/c1-4-12(2)17(21(33)29-18(13(3)30)22(34)35)28-20(32)16(9-14-10-25-11-26-14)27-19(31)15(24)7-5-6-8-23/h10-13,15-18,30H,4-9,23-24H2,1-3H3,(H,25,26)(H,27,31)(H,28,32)(H,29,33)(H,34,35). The number of aliphatic hydroxyl groups excluding tert-OH is 1. The molecule has 0 aliphatic rings. The average Bonchev–Trinajstić information content (AvgIpc) is 3.32. The largest absolute Gasteiger partial charge is 0.480 e. The molecule has 1 aromatic heterocycles. The van der Waals surface area contributed by atoms with Gasteiger partial charge in [0.2, 0.25) is 17.7 Å². The van der Waals surface area contributed by atoms with E-state index in [0.717, 1.165) is 0 Å². The Bertz CT molecular complexity index is 817. The van der Waals surface area contributed by atoms with Crippen LogP contribution >= 0.6 is 0 Å². The molecule has 6 atom stereocenters. The molecule has 0 aliphatic carbocycles. The summed E-state index contributed by atoms with van der Waals surface area (Å²) in [6.45, 7) is 5.25. The van der Waals surface area contributed by atoms with Crippen LogP contribution in [-0.2, 0) is 25.6 Å². The Morgan fingerprint density at radius 1 is 1.06 bits per heavy atom. The minimum atomic E-state index is -1.54. The Kier molecular flexibility index (Phi) is 12.9. The summed E-state index contributed by atoms with van der Waals surface area (Å²) in [6.07, 6.45) is 3.92. The molecule has 13 nitrogen and oxygen atoms in total. The summed E-state index contributed by atoms with van der Waals surface area (Å²) in [4.78, 5) is 56.9. The molecule has 198 valence electrons. The van der Waals surface area contributed by atoms with Gasteiger partial charge in [0, 0.05) is 18.3 Å². The van der Waals surface area contributed by atoms with Crippen LogP contribution < -0.4 is 27.4 Å². The number of hydrogen-bond acceptors (Lipinski definition) is 8. The highest BCUT2D eigenvalue weighted by Crippen LogP contribution is 2.11. The van der Waals surface area contributed by atoms with Crippen LogP contribution in [0.5, 0.6) is 0 Å². The molecule has 3 amide bonds. The van der Waals surface area contributed by atoms with E-state index in [2.05, 4.69) is 25.9 Å².